The summed E-state index contributed by atoms with van der Waals surface area (Å²) in [5.74, 6) is 1.09. The van der Waals surface area contributed by atoms with Crippen LogP contribution < -0.4 is 4.74 Å². The van der Waals surface area contributed by atoms with Gasteiger partial charge >= 0.3 is 0 Å². The van der Waals surface area contributed by atoms with E-state index >= 15 is 0 Å². The summed E-state index contributed by atoms with van der Waals surface area (Å²) in [6.07, 6.45) is 6.50. The molecule has 0 fully saturated rings. The lowest BCUT2D eigenvalue weighted by Crippen LogP contribution is -2.04. The van der Waals surface area contributed by atoms with Crippen molar-refractivity contribution in [1.29, 1.82) is 0 Å². The van der Waals surface area contributed by atoms with E-state index in [1.165, 1.54) is 0 Å². The number of carbonyl (C=O) groups excluding carboxylic acids is 2. The molecule has 1 rings (SSSR count). The average molecular weight is 290 g/mol. The van der Waals surface area contributed by atoms with Crippen molar-refractivity contribution in [2.24, 2.45) is 0 Å². The van der Waals surface area contributed by atoms with Gasteiger partial charge in [-0.15, -0.1) is 0 Å². The largest absolute Gasteiger partial charge is 0.493 e. The van der Waals surface area contributed by atoms with E-state index in [9.17, 15) is 9.59 Å². The van der Waals surface area contributed by atoms with Gasteiger partial charge in [0.05, 0.1) is 12.2 Å². The molecule has 0 aliphatic rings. The molecule has 0 unspecified atom stereocenters. The second-order valence-electron chi connectivity index (χ2n) is 5.34. The highest BCUT2D eigenvalue weighted by atomic mass is 16.5. The second kappa shape index (κ2) is 10.1. The number of carbonyl (C=O) groups is 2. The van der Waals surface area contributed by atoms with Crippen LogP contribution in [0.4, 0.5) is 0 Å². The molecule has 0 aliphatic heterocycles. The normalized spacial score (nSPS) is 10.4. The van der Waals surface area contributed by atoms with Crippen LogP contribution in [0.1, 0.15) is 69.2 Å². The third kappa shape index (κ3) is 7.07. The Labute approximate surface area is 127 Å². The number of rotatable bonds is 11. The van der Waals surface area contributed by atoms with Crippen molar-refractivity contribution >= 4 is 11.6 Å². The predicted octanol–water partition coefficient (Wildman–Crippen LogP) is 4.59. The minimum atomic E-state index is 0.120. The Kier molecular flexibility index (Phi) is 8.41. The third-order valence-electron chi connectivity index (χ3n) is 3.44. The zero-order valence-corrected chi connectivity index (χ0v) is 13.2. The van der Waals surface area contributed by atoms with Gasteiger partial charge in [-0.2, -0.15) is 0 Å². The molecule has 0 saturated carbocycles. The third-order valence-corrected chi connectivity index (χ3v) is 3.44. The number of benzene rings is 1. The molecule has 3 nitrogen and oxygen atoms in total. The Hall–Kier alpha value is -1.64. The molecule has 3 heteroatoms. The van der Waals surface area contributed by atoms with Gasteiger partial charge in [0, 0.05) is 12.8 Å². The zero-order valence-electron chi connectivity index (χ0n) is 13.2. The molecular formula is C18H26O3. The summed E-state index contributed by atoms with van der Waals surface area (Å²) in [6, 6.07) is 7.44. The van der Waals surface area contributed by atoms with E-state index in [-0.39, 0.29) is 11.6 Å². The lowest BCUT2D eigenvalue weighted by atomic mass is 10.1. The molecule has 116 valence electrons. The van der Waals surface area contributed by atoms with Gasteiger partial charge < -0.3 is 9.53 Å². The van der Waals surface area contributed by atoms with E-state index in [4.69, 9.17) is 4.74 Å². The van der Waals surface area contributed by atoms with E-state index in [2.05, 4.69) is 0 Å². The van der Waals surface area contributed by atoms with E-state index in [1.54, 1.807) is 6.92 Å². The van der Waals surface area contributed by atoms with E-state index in [0.29, 0.717) is 30.8 Å². The fraction of sp³-hybridized carbons (Fsp3) is 0.556. The number of ether oxygens (including phenoxy) is 1. The first-order valence-corrected chi connectivity index (χ1v) is 7.89. The van der Waals surface area contributed by atoms with Crippen molar-refractivity contribution < 1.29 is 14.3 Å². The lowest BCUT2D eigenvalue weighted by Gasteiger charge is -2.10. The fourth-order valence-corrected chi connectivity index (χ4v) is 2.20. The molecule has 0 heterocycles. The first-order chi connectivity index (χ1) is 10.1. The first-order valence-electron chi connectivity index (χ1n) is 7.89. The minimum Gasteiger partial charge on any atom is -0.493 e. The summed E-state index contributed by atoms with van der Waals surface area (Å²) in [7, 11) is 0. The van der Waals surface area contributed by atoms with Crippen molar-refractivity contribution in [3.05, 3.63) is 29.8 Å². The standard InChI is InChI=1S/C18H26O3/c1-3-17(20)16-12-8-9-13-18(16)21-14-10-6-4-5-7-11-15(2)19/h8-9,12-13H,3-7,10-11,14H2,1-2H3. The molecule has 1 aromatic rings. The zero-order chi connectivity index (χ0) is 15.5. The second-order valence-corrected chi connectivity index (χ2v) is 5.34. The van der Waals surface area contributed by atoms with Gasteiger partial charge in [0.15, 0.2) is 5.78 Å². The molecular weight excluding hydrogens is 264 g/mol. The number of hydrogen-bond donors (Lipinski definition) is 0. The lowest BCUT2D eigenvalue weighted by molar-refractivity contribution is -0.117. The van der Waals surface area contributed by atoms with Crippen LogP contribution in [0, 0.1) is 0 Å². The molecule has 1 aromatic carbocycles. The summed E-state index contributed by atoms with van der Waals surface area (Å²) < 4.78 is 5.73. The van der Waals surface area contributed by atoms with Crippen molar-refractivity contribution in [3.63, 3.8) is 0 Å². The van der Waals surface area contributed by atoms with Crippen molar-refractivity contribution in [2.45, 2.75) is 58.8 Å². The summed E-state index contributed by atoms with van der Waals surface area (Å²) in [5, 5.41) is 0. The van der Waals surface area contributed by atoms with Crippen molar-refractivity contribution in [3.8, 4) is 5.75 Å². The van der Waals surface area contributed by atoms with Gasteiger partial charge in [-0.05, 0) is 31.9 Å². The molecule has 0 N–H and O–H groups in total. The maximum atomic E-state index is 11.8. The van der Waals surface area contributed by atoms with Crippen molar-refractivity contribution in [1.82, 2.24) is 0 Å². The summed E-state index contributed by atoms with van der Waals surface area (Å²) >= 11 is 0. The highest BCUT2D eigenvalue weighted by Gasteiger charge is 2.09. The number of ketones is 2. The maximum Gasteiger partial charge on any atom is 0.166 e. The predicted molar refractivity (Wildman–Crippen MR) is 84.9 cm³/mol. The van der Waals surface area contributed by atoms with Gasteiger partial charge in [-0.25, -0.2) is 0 Å². The van der Waals surface area contributed by atoms with E-state index in [0.717, 1.165) is 32.1 Å². The van der Waals surface area contributed by atoms with Crippen LogP contribution in [-0.2, 0) is 4.79 Å². The SMILES string of the molecule is CCC(=O)c1ccccc1OCCCCCCCC(C)=O. The Bertz CT molecular complexity index is 452. The van der Waals surface area contributed by atoms with Crippen LogP contribution in [0.3, 0.4) is 0 Å². The Morgan fingerprint density at radius 3 is 2.38 bits per heavy atom. The van der Waals surface area contributed by atoms with Gasteiger partial charge in [0.25, 0.3) is 0 Å². The number of hydrogen-bond acceptors (Lipinski definition) is 3. The van der Waals surface area contributed by atoms with Crippen LogP contribution in [-0.4, -0.2) is 18.2 Å². The Balaban J connectivity index is 2.21. The van der Waals surface area contributed by atoms with Gasteiger partial charge in [0.1, 0.15) is 11.5 Å². The fourth-order valence-electron chi connectivity index (χ4n) is 2.20. The average Bonchev–Trinajstić information content (AvgIpc) is 2.49. The quantitative estimate of drug-likeness (QED) is 0.442. The molecule has 0 saturated heterocycles. The van der Waals surface area contributed by atoms with Crippen LogP contribution in [0.15, 0.2) is 24.3 Å². The number of Topliss-reactive ketones (excluding diaryl/α,β-unsaturated/α-hetero) is 2. The van der Waals surface area contributed by atoms with Crippen LogP contribution >= 0.6 is 0 Å². The van der Waals surface area contributed by atoms with Crippen molar-refractivity contribution in [2.75, 3.05) is 6.61 Å². The topological polar surface area (TPSA) is 43.4 Å². The molecule has 0 amide bonds. The highest BCUT2D eigenvalue weighted by molar-refractivity contribution is 5.98. The molecule has 0 aliphatic carbocycles. The minimum absolute atomic E-state index is 0.120. The molecule has 0 atom stereocenters. The van der Waals surface area contributed by atoms with Crippen LogP contribution in [0.5, 0.6) is 5.75 Å². The summed E-state index contributed by atoms with van der Waals surface area (Å²) in [4.78, 5) is 22.6. The molecule has 0 spiro atoms. The number of unbranched alkanes of at least 4 members (excludes halogenated alkanes) is 4. The van der Waals surface area contributed by atoms with Crippen LogP contribution in [0.25, 0.3) is 0 Å². The Morgan fingerprint density at radius 2 is 1.67 bits per heavy atom. The van der Waals surface area contributed by atoms with E-state index in [1.807, 2.05) is 31.2 Å². The molecule has 0 aromatic heterocycles. The van der Waals surface area contributed by atoms with Crippen LogP contribution in [0.2, 0.25) is 0 Å². The van der Waals surface area contributed by atoms with Gasteiger partial charge in [-0.3, -0.25) is 4.79 Å². The molecule has 0 bridgehead atoms. The molecule has 0 radical (unpaired) electrons. The number of para-hydroxylation sites is 1. The summed E-state index contributed by atoms with van der Waals surface area (Å²) in [5.41, 5.74) is 0.682. The summed E-state index contributed by atoms with van der Waals surface area (Å²) in [6.45, 7) is 4.14. The highest BCUT2D eigenvalue weighted by Crippen LogP contribution is 2.20. The Morgan fingerprint density at radius 1 is 1.00 bits per heavy atom. The first kappa shape index (κ1) is 17.4. The monoisotopic (exact) mass is 290 g/mol. The molecule has 21 heavy (non-hydrogen) atoms. The van der Waals surface area contributed by atoms with Gasteiger partial charge in [0.2, 0.25) is 0 Å². The maximum absolute atomic E-state index is 11.8. The van der Waals surface area contributed by atoms with E-state index < -0.39 is 0 Å². The van der Waals surface area contributed by atoms with Gasteiger partial charge in [-0.1, -0.05) is 38.3 Å². The smallest absolute Gasteiger partial charge is 0.166 e.